The number of benzene rings is 5. The number of likely N-dealkylation sites (N-methyl/N-ethyl adjacent to an activating group) is 1. The molecule has 1 fully saturated rings. The number of sulfonamides is 1. The largest absolute Gasteiger partial charge is 0.392 e. The van der Waals surface area contributed by atoms with Gasteiger partial charge in [-0.05, 0) is 58.6 Å². The first kappa shape index (κ1) is 32.8. The summed E-state index contributed by atoms with van der Waals surface area (Å²) in [5, 5.41) is 9.53. The molecule has 0 amide bonds. The Bertz CT molecular complexity index is 1830. The maximum atomic E-state index is 12.7. The minimum Gasteiger partial charge on any atom is -0.392 e. The highest BCUT2D eigenvalue weighted by Crippen LogP contribution is 2.38. The molecule has 5 aromatic carbocycles. The van der Waals surface area contributed by atoms with E-state index >= 15 is 0 Å². The van der Waals surface area contributed by atoms with E-state index in [2.05, 4.69) is 40.9 Å². The van der Waals surface area contributed by atoms with Gasteiger partial charge in [-0.1, -0.05) is 115 Å². The van der Waals surface area contributed by atoms with Crippen LogP contribution in [-0.2, 0) is 39.2 Å². The number of aliphatic hydroxyl groups excluding tert-OH is 1. The van der Waals surface area contributed by atoms with E-state index in [0.717, 1.165) is 46.5 Å². The summed E-state index contributed by atoms with van der Waals surface area (Å²) in [6, 6.07) is 42.8. The molecule has 47 heavy (non-hydrogen) atoms. The van der Waals surface area contributed by atoms with Crippen molar-refractivity contribution in [1.29, 1.82) is 0 Å². The Labute approximate surface area is 277 Å². The predicted octanol–water partition coefficient (Wildman–Crippen LogP) is 7.00. The summed E-state index contributed by atoms with van der Waals surface area (Å²) in [6.07, 6.45) is -0.0460. The van der Waals surface area contributed by atoms with E-state index in [9.17, 15) is 13.5 Å². The Morgan fingerprint density at radius 3 is 2.09 bits per heavy atom. The summed E-state index contributed by atoms with van der Waals surface area (Å²) in [4.78, 5) is 2.53. The van der Waals surface area contributed by atoms with Crippen LogP contribution in [0, 0.1) is 0 Å². The molecular formula is C39H40N2O5S. The second kappa shape index (κ2) is 15.2. The average molecular weight is 649 g/mol. The second-order valence-corrected chi connectivity index (χ2v) is 13.8. The van der Waals surface area contributed by atoms with Crippen molar-refractivity contribution >= 4 is 10.0 Å². The van der Waals surface area contributed by atoms with Gasteiger partial charge in [0.15, 0.2) is 6.29 Å². The molecule has 3 atom stereocenters. The fraction of sp³-hybridized carbons (Fsp3) is 0.231. The van der Waals surface area contributed by atoms with E-state index in [1.165, 1.54) is 5.56 Å². The van der Waals surface area contributed by atoms with Gasteiger partial charge in [0, 0.05) is 31.6 Å². The zero-order chi connectivity index (χ0) is 32.6. The van der Waals surface area contributed by atoms with Gasteiger partial charge in [-0.3, -0.25) is 4.90 Å². The zero-order valence-corrected chi connectivity index (χ0v) is 27.2. The number of aliphatic hydroxyl groups is 1. The maximum absolute atomic E-state index is 12.7. The highest BCUT2D eigenvalue weighted by molar-refractivity contribution is 7.89. The SMILES string of the molecule is CN(Cc1ccccc1)C[C@@H]1C[C@H](c2ccc(CO)cc2)O[C@H](c2ccc(-c3cccc(CNS(=O)(=O)c4ccccc4)c3)cc2)O1. The van der Waals surface area contributed by atoms with Crippen LogP contribution in [0.4, 0.5) is 0 Å². The van der Waals surface area contributed by atoms with Crippen LogP contribution in [-0.4, -0.2) is 38.1 Å². The van der Waals surface area contributed by atoms with E-state index in [0.29, 0.717) is 6.42 Å². The Morgan fingerprint density at radius 1 is 0.723 bits per heavy atom. The second-order valence-electron chi connectivity index (χ2n) is 12.0. The summed E-state index contributed by atoms with van der Waals surface area (Å²) < 4.78 is 41.2. The van der Waals surface area contributed by atoms with Crippen molar-refractivity contribution in [1.82, 2.24) is 9.62 Å². The van der Waals surface area contributed by atoms with Crippen molar-refractivity contribution in [2.75, 3.05) is 13.6 Å². The van der Waals surface area contributed by atoms with E-state index in [-0.39, 0.29) is 30.3 Å². The van der Waals surface area contributed by atoms with Gasteiger partial charge in [-0.25, -0.2) is 13.1 Å². The van der Waals surface area contributed by atoms with Crippen molar-refractivity contribution in [3.05, 3.63) is 161 Å². The fourth-order valence-corrected chi connectivity index (χ4v) is 6.93. The number of rotatable bonds is 12. The van der Waals surface area contributed by atoms with E-state index in [1.807, 2.05) is 78.9 Å². The lowest BCUT2D eigenvalue weighted by molar-refractivity contribution is -0.252. The number of hydrogen-bond donors (Lipinski definition) is 2. The van der Waals surface area contributed by atoms with Crippen LogP contribution in [0.1, 0.15) is 46.6 Å². The van der Waals surface area contributed by atoms with Crippen LogP contribution in [0.5, 0.6) is 0 Å². The first-order chi connectivity index (χ1) is 22.9. The van der Waals surface area contributed by atoms with Gasteiger partial charge in [-0.15, -0.1) is 0 Å². The molecule has 0 spiro atoms. The molecule has 5 aromatic rings. The molecule has 8 heteroatoms. The summed E-state index contributed by atoms with van der Waals surface area (Å²) in [7, 11) is -1.49. The fourth-order valence-electron chi connectivity index (χ4n) is 5.90. The zero-order valence-electron chi connectivity index (χ0n) is 26.4. The lowest BCUT2D eigenvalue weighted by Gasteiger charge is -2.38. The first-order valence-corrected chi connectivity index (χ1v) is 17.3. The van der Waals surface area contributed by atoms with Crippen LogP contribution >= 0.6 is 0 Å². The quantitative estimate of drug-likeness (QED) is 0.152. The molecule has 0 bridgehead atoms. The molecule has 1 saturated heterocycles. The van der Waals surface area contributed by atoms with E-state index < -0.39 is 16.3 Å². The summed E-state index contributed by atoms with van der Waals surface area (Å²) in [5.74, 6) is 0. The molecular weight excluding hydrogens is 609 g/mol. The number of ether oxygens (including phenoxy) is 2. The summed E-state index contributed by atoms with van der Waals surface area (Å²) >= 11 is 0. The molecule has 6 rings (SSSR count). The Balaban J connectivity index is 1.16. The first-order valence-electron chi connectivity index (χ1n) is 15.8. The molecule has 0 radical (unpaired) electrons. The molecule has 0 aliphatic carbocycles. The van der Waals surface area contributed by atoms with Gasteiger partial charge >= 0.3 is 0 Å². The summed E-state index contributed by atoms with van der Waals surface area (Å²) in [6.45, 7) is 1.76. The monoisotopic (exact) mass is 648 g/mol. The van der Waals surface area contributed by atoms with Gasteiger partial charge in [-0.2, -0.15) is 0 Å². The highest BCUT2D eigenvalue weighted by atomic mass is 32.2. The normalized spacial score (nSPS) is 18.3. The summed E-state index contributed by atoms with van der Waals surface area (Å²) in [5.41, 5.74) is 6.96. The number of nitrogens with zero attached hydrogens (tertiary/aromatic N) is 1. The average Bonchev–Trinajstić information content (AvgIpc) is 3.11. The van der Waals surface area contributed by atoms with Gasteiger partial charge in [0.2, 0.25) is 10.0 Å². The topological polar surface area (TPSA) is 88.1 Å². The number of hydrogen-bond acceptors (Lipinski definition) is 6. The maximum Gasteiger partial charge on any atom is 0.240 e. The third-order valence-corrected chi connectivity index (χ3v) is 9.81. The standard InChI is InChI=1S/C39H40N2O5S/c1-41(26-29-9-4-2-5-10-29)27-36-24-38(33-17-15-30(28-42)16-18-33)46-39(45-36)34-21-19-32(20-22-34)35-12-8-11-31(23-35)25-40-47(43,44)37-13-6-3-7-14-37/h2-23,36,38-40,42H,24-28H2,1H3/t36-,38+,39+/m0/s1. The van der Waals surface area contributed by atoms with Gasteiger partial charge < -0.3 is 14.6 Å². The van der Waals surface area contributed by atoms with Crippen LogP contribution in [0.15, 0.2) is 138 Å². The van der Waals surface area contributed by atoms with Crippen LogP contribution in [0.25, 0.3) is 11.1 Å². The lowest BCUT2D eigenvalue weighted by atomic mass is 9.99. The molecule has 242 valence electrons. The Hall–Kier alpha value is -4.15. The highest BCUT2D eigenvalue weighted by Gasteiger charge is 2.32. The van der Waals surface area contributed by atoms with Crippen molar-refractivity contribution in [2.45, 2.75) is 49.5 Å². The van der Waals surface area contributed by atoms with Gasteiger partial charge in [0.05, 0.1) is 23.7 Å². The minimum absolute atomic E-state index is 0.00298. The van der Waals surface area contributed by atoms with Crippen LogP contribution < -0.4 is 4.72 Å². The molecule has 7 nitrogen and oxygen atoms in total. The van der Waals surface area contributed by atoms with Crippen molar-refractivity contribution in [3.63, 3.8) is 0 Å². The van der Waals surface area contributed by atoms with Crippen LogP contribution in [0.3, 0.4) is 0 Å². The third kappa shape index (κ3) is 8.61. The number of nitrogens with one attached hydrogen (secondary N) is 1. The molecule has 1 aliphatic rings. The smallest absolute Gasteiger partial charge is 0.240 e. The lowest BCUT2D eigenvalue weighted by Crippen LogP contribution is -2.37. The molecule has 1 heterocycles. The van der Waals surface area contributed by atoms with Crippen molar-refractivity contribution in [2.24, 2.45) is 0 Å². The van der Waals surface area contributed by atoms with E-state index in [1.54, 1.807) is 30.3 Å². The van der Waals surface area contributed by atoms with Crippen molar-refractivity contribution in [3.8, 4) is 11.1 Å². The molecule has 0 saturated carbocycles. The molecule has 0 aromatic heterocycles. The molecule has 1 aliphatic heterocycles. The van der Waals surface area contributed by atoms with Crippen LogP contribution in [0.2, 0.25) is 0 Å². The third-order valence-electron chi connectivity index (χ3n) is 8.39. The van der Waals surface area contributed by atoms with Gasteiger partial charge in [0.1, 0.15) is 0 Å². The molecule has 2 N–H and O–H groups in total. The van der Waals surface area contributed by atoms with Gasteiger partial charge in [0.25, 0.3) is 0 Å². The minimum atomic E-state index is -3.60. The van der Waals surface area contributed by atoms with Crippen molar-refractivity contribution < 1.29 is 23.0 Å². The Kier molecular flexibility index (Phi) is 10.6. The molecule has 0 unspecified atom stereocenters. The Morgan fingerprint density at radius 2 is 1.38 bits per heavy atom. The van der Waals surface area contributed by atoms with E-state index in [4.69, 9.17) is 9.47 Å². The predicted molar refractivity (Wildman–Crippen MR) is 184 cm³/mol.